The van der Waals surface area contributed by atoms with Gasteiger partial charge in [-0.25, -0.2) is 23.7 Å². The van der Waals surface area contributed by atoms with Crippen molar-refractivity contribution in [1.29, 1.82) is 0 Å². The molecule has 7 heterocycles. The SMILES string of the molecule is Cc1cn([C@H]2C[C@H](O)[C@@H](COP(=O)(O)O[C@H]3[C@@H](O)[C@H](n4cnc5c(=O)[nH]c(N)nc54)O[C@@H]3COP(=O)(O)O[C@H]3[C@@H](O)[C@H](n4ccc(N)nc4=O)O[C@@H]3CO)O2)c(=O)[nH]c1=O. The van der Waals surface area contributed by atoms with E-state index >= 15 is 0 Å². The first-order chi connectivity index (χ1) is 28.3. The van der Waals surface area contributed by atoms with Crippen LogP contribution >= 0.6 is 15.6 Å². The van der Waals surface area contributed by atoms with Crippen molar-refractivity contribution in [2.45, 2.75) is 80.9 Å². The van der Waals surface area contributed by atoms with Crippen molar-refractivity contribution < 1.29 is 71.6 Å². The van der Waals surface area contributed by atoms with E-state index in [1.165, 1.54) is 19.2 Å². The lowest BCUT2D eigenvalue weighted by Crippen LogP contribution is -2.38. The van der Waals surface area contributed by atoms with Gasteiger partial charge in [-0.1, -0.05) is 0 Å². The Bertz CT molecular complexity index is 2580. The highest BCUT2D eigenvalue weighted by molar-refractivity contribution is 7.47. The van der Waals surface area contributed by atoms with Crippen LogP contribution in [0, 0.1) is 6.92 Å². The van der Waals surface area contributed by atoms with E-state index in [1.54, 1.807) is 0 Å². The number of aromatic nitrogens is 8. The molecule has 3 aliphatic heterocycles. The molecule has 0 saturated carbocycles. The smallest absolute Gasteiger partial charge is 0.394 e. The number of H-pyrrole nitrogens is 2. The van der Waals surface area contributed by atoms with Crippen molar-refractivity contribution in [3.05, 3.63) is 72.0 Å². The first-order valence-electron chi connectivity index (χ1n) is 17.6. The van der Waals surface area contributed by atoms with Crippen LogP contribution < -0.4 is 34.0 Å². The number of fused-ring (bicyclic) bond motifs is 1. The lowest BCUT2D eigenvalue weighted by molar-refractivity contribution is -0.0616. The van der Waals surface area contributed by atoms with E-state index in [4.69, 9.17) is 43.8 Å². The summed E-state index contributed by atoms with van der Waals surface area (Å²) in [6, 6.07) is 1.20. The van der Waals surface area contributed by atoms with Crippen LogP contribution in [0.15, 0.2) is 44.0 Å². The zero-order valence-corrected chi connectivity index (χ0v) is 32.5. The summed E-state index contributed by atoms with van der Waals surface area (Å²) in [6.07, 6.45) is -14.8. The fourth-order valence-corrected chi connectivity index (χ4v) is 8.66. The summed E-state index contributed by atoms with van der Waals surface area (Å²) in [5.41, 5.74) is 7.63. The predicted molar refractivity (Wildman–Crippen MR) is 194 cm³/mol. The van der Waals surface area contributed by atoms with Gasteiger partial charge >= 0.3 is 27.0 Å². The number of phosphoric acid groups is 2. The minimum atomic E-state index is -5.36. The first kappa shape index (κ1) is 43.5. The molecule has 3 fully saturated rings. The summed E-state index contributed by atoms with van der Waals surface area (Å²) in [7, 11) is -10.7. The fraction of sp³-hybridized carbons (Fsp3) is 0.552. The Morgan fingerprint density at radius 2 is 1.47 bits per heavy atom. The van der Waals surface area contributed by atoms with E-state index < -0.39 is 125 Å². The molecule has 60 heavy (non-hydrogen) atoms. The van der Waals surface area contributed by atoms with E-state index in [0.29, 0.717) is 0 Å². The second-order valence-corrected chi connectivity index (χ2v) is 16.5. The van der Waals surface area contributed by atoms with Crippen molar-refractivity contribution in [1.82, 2.24) is 38.6 Å². The van der Waals surface area contributed by atoms with Crippen molar-refractivity contribution in [2.24, 2.45) is 0 Å². The number of phosphoric ester groups is 2. The second kappa shape index (κ2) is 16.7. The first-order valence-corrected chi connectivity index (χ1v) is 20.6. The Kier molecular flexibility index (Phi) is 12.1. The number of rotatable bonds is 14. The van der Waals surface area contributed by atoms with E-state index in [1.807, 2.05) is 0 Å². The molecule has 0 spiro atoms. The van der Waals surface area contributed by atoms with Crippen LogP contribution in [-0.2, 0) is 41.4 Å². The summed E-state index contributed by atoms with van der Waals surface area (Å²) >= 11 is 0. The van der Waals surface area contributed by atoms with Crippen molar-refractivity contribution in [2.75, 3.05) is 31.3 Å². The van der Waals surface area contributed by atoms with Gasteiger partial charge in [0.25, 0.3) is 11.1 Å². The molecular weight excluding hydrogens is 854 g/mol. The predicted octanol–water partition coefficient (Wildman–Crippen LogP) is -4.44. The fourth-order valence-electron chi connectivity index (χ4n) is 6.73. The number of nitrogens with two attached hydrogens (primary N) is 2. The Balaban J connectivity index is 1.08. The number of aryl methyl sites for hydroxylation is 1. The minimum Gasteiger partial charge on any atom is -0.394 e. The number of nitrogens with one attached hydrogen (secondary N) is 2. The Morgan fingerprint density at radius 3 is 2.12 bits per heavy atom. The van der Waals surface area contributed by atoms with E-state index in [-0.39, 0.29) is 34.9 Å². The van der Waals surface area contributed by atoms with Gasteiger partial charge in [0.1, 0.15) is 54.8 Å². The number of nitrogen functional groups attached to an aromatic ring is 2. The highest BCUT2D eigenvalue weighted by Gasteiger charge is 2.52. The number of imidazole rings is 1. The Morgan fingerprint density at radius 1 is 0.850 bits per heavy atom. The molecule has 13 atom stereocenters. The largest absolute Gasteiger partial charge is 0.472 e. The van der Waals surface area contributed by atoms with Crippen LogP contribution in [0.2, 0.25) is 0 Å². The number of aromatic amines is 2. The highest BCUT2D eigenvalue weighted by Crippen LogP contribution is 2.52. The summed E-state index contributed by atoms with van der Waals surface area (Å²) < 4.78 is 67.1. The van der Waals surface area contributed by atoms with Gasteiger partial charge in [-0.15, -0.1) is 0 Å². The molecule has 0 bridgehead atoms. The van der Waals surface area contributed by atoms with Gasteiger partial charge in [0.2, 0.25) is 5.95 Å². The molecular formula is C29H38N10O19P2. The van der Waals surface area contributed by atoms with E-state index in [2.05, 4.69) is 24.9 Å². The number of anilines is 2. The lowest BCUT2D eigenvalue weighted by atomic mass is 10.1. The van der Waals surface area contributed by atoms with Crippen LogP contribution in [-0.4, -0.2) is 137 Å². The van der Waals surface area contributed by atoms with Gasteiger partial charge in [-0.2, -0.15) is 9.97 Å². The molecule has 3 aliphatic rings. The van der Waals surface area contributed by atoms with Crippen LogP contribution in [0.25, 0.3) is 11.2 Å². The number of hydrogen-bond acceptors (Lipinski definition) is 22. The number of nitrogens with zero attached hydrogens (tertiary/aromatic N) is 6. The quantitative estimate of drug-likeness (QED) is 0.0534. The monoisotopic (exact) mass is 892 g/mol. The Labute approximate surface area is 332 Å². The van der Waals surface area contributed by atoms with Crippen LogP contribution in [0.5, 0.6) is 0 Å². The molecule has 7 rings (SSSR count). The molecule has 0 radical (unpaired) electrons. The van der Waals surface area contributed by atoms with Gasteiger partial charge in [0.05, 0.1) is 32.3 Å². The number of hydrogen-bond donors (Lipinski definition) is 10. The standard InChI is InChI=1S/C29H38N10O19P2/c1-10-5-38(29(47)36-23(10)44)16-4-11(41)13(54-16)7-52-59(48,49)58-21-14(56-26(19(21)43)39-9-32-17-22(39)34-27(31)35-24(17)45)8-53-60(50,51)57-20-12(6-40)55-25(18(20)42)37-3-2-15(30)33-28(37)46/h2-3,5,9,11-14,16,18-21,25-26,40-43H,4,6-8H2,1H3,(H,48,49)(H,50,51)(H2,30,33,46)(H,36,44,47)(H3,31,34,35,45)/t11-,12+,13+,14+,16+,18+,19+,20+,21+,25+,26+/m0/s1. The topological polar surface area (TPSA) is 425 Å². The summed E-state index contributed by atoms with van der Waals surface area (Å²) in [5.74, 6) is -0.515. The lowest BCUT2D eigenvalue weighted by Gasteiger charge is -2.25. The molecule has 0 aromatic carbocycles. The van der Waals surface area contributed by atoms with Gasteiger partial charge in [-0.3, -0.25) is 51.4 Å². The summed E-state index contributed by atoms with van der Waals surface area (Å²) in [4.78, 5) is 86.3. The minimum absolute atomic E-state index is 0.153. The van der Waals surface area contributed by atoms with Gasteiger partial charge in [0.15, 0.2) is 23.6 Å². The van der Waals surface area contributed by atoms with Gasteiger partial charge in [-0.05, 0) is 13.0 Å². The Hall–Kier alpha value is -4.55. The maximum Gasteiger partial charge on any atom is 0.472 e. The average molecular weight is 893 g/mol. The molecule has 4 aromatic rings. The van der Waals surface area contributed by atoms with Crippen molar-refractivity contribution in [3.8, 4) is 0 Å². The highest BCUT2D eigenvalue weighted by atomic mass is 31.2. The number of aliphatic hydroxyl groups excluding tert-OH is 4. The maximum absolute atomic E-state index is 13.4. The van der Waals surface area contributed by atoms with Crippen molar-refractivity contribution in [3.63, 3.8) is 0 Å². The molecule has 29 nitrogen and oxygen atoms in total. The molecule has 2 unspecified atom stereocenters. The molecule has 0 aliphatic carbocycles. The van der Waals surface area contributed by atoms with Gasteiger partial charge in [0, 0.05) is 24.4 Å². The van der Waals surface area contributed by atoms with Crippen molar-refractivity contribution >= 4 is 38.6 Å². The molecule has 3 saturated heterocycles. The van der Waals surface area contributed by atoms with Crippen LogP contribution in [0.4, 0.5) is 11.8 Å². The van der Waals surface area contributed by atoms with E-state index in [9.17, 15) is 58.5 Å². The zero-order chi connectivity index (χ0) is 43.4. The number of aliphatic hydroxyl groups is 4. The summed E-state index contributed by atoms with van der Waals surface area (Å²) in [6.45, 7) is -1.36. The molecule has 328 valence electrons. The van der Waals surface area contributed by atoms with E-state index in [0.717, 1.165) is 26.2 Å². The van der Waals surface area contributed by atoms with Crippen LogP contribution in [0.1, 0.15) is 30.7 Å². The third kappa shape index (κ3) is 8.77. The summed E-state index contributed by atoms with van der Waals surface area (Å²) in [5, 5.41) is 42.9. The van der Waals surface area contributed by atoms with Crippen LogP contribution in [0.3, 0.4) is 0 Å². The third-order valence-corrected chi connectivity index (χ3v) is 11.6. The normalized spacial score (nSPS) is 31.4. The molecule has 12 N–H and O–H groups in total. The van der Waals surface area contributed by atoms with Gasteiger partial charge < -0.3 is 55.9 Å². The molecule has 0 amide bonds. The third-order valence-electron chi connectivity index (χ3n) is 9.62. The number of ether oxygens (including phenoxy) is 3. The molecule has 31 heteroatoms. The maximum atomic E-state index is 13.4. The average Bonchev–Trinajstić information content (AvgIpc) is 3.92. The zero-order valence-electron chi connectivity index (χ0n) is 30.7. The molecule has 4 aromatic heterocycles. The second-order valence-electron chi connectivity index (χ2n) is 13.7.